The minimum Gasteiger partial charge on any atom is -0.466 e. The van der Waals surface area contributed by atoms with E-state index in [2.05, 4.69) is 5.32 Å². The van der Waals surface area contributed by atoms with Crippen LogP contribution in [0, 0.1) is 18.7 Å². The van der Waals surface area contributed by atoms with Gasteiger partial charge in [0.25, 0.3) is 5.91 Å². The van der Waals surface area contributed by atoms with Gasteiger partial charge >= 0.3 is 5.97 Å². The molecule has 1 N–H and O–H groups in total. The summed E-state index contributed by atoms with van der Waals surface area (Å²) in [6, 6.07) is 12.6. The third-order valence-corrected chi connectivity index (χ3v) is 6.90. The molecule has 2 aromatic carbocycles. The van der Waals surface area contributed by atoms with E-state index in [-0.39, 0.29) is 24.0 Å². The Hall–Kier alpha value is -2.89. The number of rotatable bonds is 6. The molecule has 1 aliphatic carbocycles. The lowest BCUT2D eigenvalue weighted by molar-refractivity contribution is -0.151. The predicted octanol–water partition coefficient (Wildman–Crippen LogP) is 5.65. The van der Waals surface area contributed by atoms with Crippen molar-refractivity contribution in [3.05, 3.63) is 65.0 Å². The van der Waals surface area contributed by atoms with Crippen molar-refractivity contribution in [2.75, 3.05) is 18.5 Å². The Bertz CT molecular complexity index is 965. The van der Waals surface area contributed by atoms with E-state index >= 15 is 0 Å². The molecule has 1 amide bonds. The van der Waals surface area contributed by atoms with Crippen LogP contribution < -0.4 is 5.32 Å². The topological polar surface area (TPSA) is 58.6 Å². The lowest BCUT2D eigenvalue weighted by Gasteiger charge is -2.41. The Morgan fingerprint density at radius 1 is 1.06 bits per heavy atom. The van der Waals surface area contributed by atoms with Gasteiger partial charge in [0.2, 0.25) is 0 Å². The number of likely N-dealkylation sites (tertiary alicyclic amines) is 1. The molecule has 176 valence electrons. The maximum atomic E-state index is 14.7. The molecular weight excluding hydrogens is 419 g/mol. The first kappa shape index (κ1) is 23.3. The summed E-state index contributed by atoms with van der Waals surface area (Å²) >= 11 is 0. The number of hydrogen-bond acceptors (Lipinski definition) is 4. The first-order chi connectivity index (χ1) is 16.0. The number of benzene rings is 2. The zero-order valence-corrected chi connectivity index (χ0v) is 19.5. The summed E-state index contributed by atoms with van der Waals surface area (Å²) < 4.78 is 20.0. The van der Waals surface area contributed by atoms with Crippen molar-refractivity contribution in [1.29, 1.82) is 0 Å². The third-order valence-electron chi connectivity index (χ3n) is 6.90. The zero-order valence-electron chi connectivity index (χ0n) is 19.5. The molecule has 2 aromatic rings. The van der Waals surface area contributed by atoms with E-state index in [4.69, 9.17) is 4.74 Å². The van der Waals surface area contributed by atoms with Crippen LogP contribution in [0.4, 0.5) is 10.1 Å². The molecule has 1 heterocycles. The van der Waals surface area contributed by atoms with E-state index in [0.29, 0.717) is 31.0 Å². The number of carbonyl (C=O) groups excluding carboxylic acids is 2. The van der Waals surface area contributed by atoms with Crippen molar-refractivity contribution >= 4 is 17.6 Å². The first-order valence-electron chi connectivity index (χ1n) is 12.1. The SMILES string of the molecule is CCOC(=O)C1CCCN(C(=O)c2c(C)cccc2F)C1c1ccc(NC2CCCC2)cc1. The van der Waals surface area contributed by atoms with Crippen molar-refractivity contribution in [2.24, 2.45) is 5.92 Å². The van der Waals surface area contributed by atoms with Gasteiger partial charge < -0.3 is 15.0 Å². The summed E-state index contributed by atoms with van der Waals surface area (Å²) in [7, 11) is 0. The fraction of sp³-hybridized carbons (Fsp3) is 0.481. The van der Waals surface area contributed by atoms with Gasteiger partial charge in [-0.15, -0.1) is 0 Å². The molecule has 6 heteroatoms. The van der Waals surface area contributed by atoms with Crippen LogP contribution >= 0.6 is 0 Å². The maximum absolute atomic E-state index is 14.7. The summed E-state index contributed by atoms with van der Waals surface area (Å²) in [5.74, 6) is -1.70. The second kappa shape index (κ2) is 10.4. The first-order valence-corrected chi connectivity index (χ1v) is 12.1. The Balaban J connectivity index is 1.66. The molecule has 1 saturated carbocycles. The fourth-order valence-corrected chi connectivity index (χ4v) is 5.26. The Morgan fingerprint density at radius 2 is 1.79 bits per heavy atom. The van der Waals surface area contributed by atoms with E-state index in [1.54, 1.807) is 30.9 Å². The normalized spacial score (nSPS) is 21.1. The molecule has 2 aliphatic rings. The molecule has 1 aliphatic heterocycles. The summed E-state index contributed by atoms with van der Waals surface area (Å²) in [6.45, 7) is 4.27. The number of piperidine rings is 1. The van der Waals surface area contributed by atoms with Crippen LogP contribution in [0.25, 0.3) is 0 Å². The number of nitrogens with zero attached hydrogens (tertiary/aromatic N) is 1. The predicted molar refractivity (Wildman–Crippen MR) is 127 cm³/mol. The van der Waals surface area contributed by atoms with Gasteiger partial charge in [0.05, 0.1) is 24.1 Å². The van der Waals surface area contributed by atoms with Gasteiger partial charge in [-0.2, -0.15) is 0 Å². The summed E-state index contributed by atoms with van der Waals surface area (Å²) in [5, 5.41) is 3.58. The number of hydrogen-bond donors (Lipinski definition) is 1. The lowest BCUT2D eigenvalue weighted by Crippen LogP contribution is -2.46. The van der Waals surface area contributed by atoms with Crippen LogP contribution in [-0.2, 0) is 9.53 Å². The number of halogens is 1. The molecule has 2 atom stereocenters. The number of ether oxygens (including phenoxy) is 1. The lowest BCUT2D eigenvalue weighted by atomic mass is 9.84. The molecule has 5 nitrogen and oxygen atoms in total. The van der Waals surface area contributed by atoms with Crippen LogP contribution in [0.5, 0.6) is 0 Å². The summed E-state index contributed by atoms with van der Waals surface area (Å²) in [5.41, 5.74) is 2.57. The number of anilines is 1. The van der Waals surface area contributed by atoms with Gasteiger partial charge in [0, 0.05) is 18.3 Å². The Morgan fingerprint density at radius 3 is 2.45 bits per heavy atom. The van der Waals surface area contributed by atoms with E-state index in [9.17, 15) is 14.0 Å². The van der Waals surface area contributed by atoms with Gasteiger partial charge in [-0.25, -0.2) is 4.39 Å². The van der Waals surface area contributed by atoms with Crippen LogP contribution in [-0.4, -0.2) is 36.0 Å². The van der Waals surface area contributed by atoms with Crippen molar-refractivity contribution < 1.29 is 18.7 Å². The van der Waals surface area contributed by atoms with Gasteiger partial charge in [-0.1, -0.05) is 37.1 Å². The molecule has 0 radical (unpaired) electrons. The monoisotopic (exact) mass is 452 g/mol. The standard InChI is InChI=1S/C27H33FN2O3/c1-3-33-27(32)22-11-7-17-30(26(31)24-18(2)8-6-12-23(24)28)25(22)19-13-15-21(16-14-19)29-20-9-4-5-10-20/h6,8,12-16,20,22,25,29H,3-5,7,9-11,17H2,1-2H3. The van der Waals surface area contributed by atoms with Crippen molar-refractivity contribution in [1.82, 2.24) is 4.90 Å². The molecule has 0 bridgehead atoms. The number of carbonyl (C=O) groups is 2. The van der Waals surface area contributed by atoms with Crippen molar-refractivity contribution in [3.8, 4) is 0 Å². The average molecular weight is 453 g/mol. The van der Waals surface area contributed by atoms with Gasteiger partial charge in [0.15, 0.2) is 0 Å². The average Bonchev–Trinajstić information content (AvgIpc) is 3.32. The fourth-order valence-electron chi connectivity index (χ4n) is 5.26. The van der Waals surface area contributed by atoms with Crippen molar-refractivity contribution in [2.45, 2.75) is 64.5 Å². The minimum absolute atomic E-state index is 0.0755. The Kier molecular flexibility index (Phi) is 7.31. The second-order valence-electron chi connectivity index (χ2n) is 9.12. The van der Waals surface area contributed by atoms with E-state index in [0.717, 1.165) is 11.3 Å². The van der Waals surface area contributed by atoms with E-state index in [1.807, 2.05) is 24.3 Å². The molecular formula is C27H33FN2O3. The van der Waals surface area contributed by atoms with Crippen molar-refractivity contribution in [3.63, 3.8) is 0 Å². The molecule has 2 fully saturated rings. The number of aryl methyl sites for hydroxylation is 1. The van der Waals surface area contributed by atoms with Crippen LogP contribution in [0.15, 0.2) is 42.5 Å². The molecule has 4 rings (SSSR count). The van der Waals surface area contributed by atoms with Crippen LogP contribution in [0.2, 0.25) is 0 Å². The molecule has 1 saturated heterocycles. The van der Waals surface area contributed by atoms with Gasteiger partial charge in [-0.05, 0) is 68.9 Å². The highest BCUT2D eigenvalue weighted by Crippen LogP contribution is 2.39. The number of esters is 1. The highest BCUT2D eigenvalue weighted by Gasteiger charge is 2.41. The molecule has 0 aromatic heterocycles. The quantitative estimate of drug-likeness (QED) is 0.576. The maximum Gasteiger partial charge on any atom is 0.311 e. The second-order valence-corrected chi connectivity index (χ2v) is 9.12. The van der Waals surface area contributed by atoms with Crippen LogP contribution in [0.1, 0.15) is 73.0 Å². The largest absolute Gasteiger partial charge is 0.466 e. The highest BCUT2D eigenvalue weighted by atomic mass is 19.1. The molecule has 2 unspecified atom stereocenters. The minimum atomic E-state index is -0.534. The van der Waals surface area contributed by atoms with E-state index < -0.39 is 17.8 Å². The smallest absolute Gasteiger partial charge is 0.311 e. The summed E-state index contributed by atoms with van der Waals surface area (Å²) in [6.07, 6.45) is 6.17. The van der Waals surface area contributed by atoms with Gasteiger partial charge in [-0.3, -0.25) is 9.59 Å². The van der Waals surface area contributed by atoms with E-state index in [1.165, 1.54) is 31.7 Å². The Labute approximate surface area is 195 Å². The molecule has 0 spiro atoms. The summed E-state index contributed by atoms with van der Waals surface area (Å²) in [4.78, 5) is 28.1. The zero-order chi connectivity index (χ0) is 23.4. The van der Waals surface area contributed by atoms with Gasteiger partial charge in [0.1, 0.15) is 5.82 Å². The van der Waals surface area contributed by atoms with Crippen LogP contribution in [0.3, 0.4) is 0 Å². The third kappa shape index (κ3) is 5.05. The number of amides is 1. The molecule has 33 heavy (non-hydrogen) atoms. The highest BCUT2D eigenvalue weighted by molar-refractivity contribution is 5.96. The number of nitrogens with one attached hydrogen (secondary N) is 1.